The number of aromatic nitrogens is 2. The lowest BCUT2D eigenvalue weighted by atomic mass is 10.2. The number of nitrogens with one attached hydrogen (secondary N) is 1. The molecule has 0 bridgehead atoms. The van der Waals surface area contributed by atoms with Crippen LogP contribution >= 0.6 is 11.6 Å². The number of ether oxygens (including phenoxy) is 1. The molecule has 0 saturated carbocycles. The fraction of sp³-hybridized carbons (Fsp3) is 0.389. The predicted molar refractivity (Wildman–Crippen MR) is 106 cm³/mol. The van der Waals surface area contributed by atoms with E-state index in [1.54, 1.807) is 7.11 Å². The number of anilines is 2. The van der Waals surface area contributed by atoms with Crippen LogP contribution in [0.4, 0.5) is 11.6 Å². The molecule has 1 saturated heterocycles. The number of benzene rings is 1. The third-order valence-electron chi connectivity index (χ3n) is 4.47. The van der Waals surface area contributed by atoms with Gasteiger partial charge in [0.15, 0.2) is 0 Å². The molecule has 3 rings (SSSR count). The predicted octanol–water partition coefficient (Wildman–Crippen LogP) is 1.47. The molecule has 1 aliphatic heterocycles. The van der Waals surface area contributed by atoms with Gasteiger partial charge in [0.05, 0.1) is 12.8 Å². The summed E-state index contributed by atoms with van der Waals surface area (Å²) in [4.78, 5) is 24.0. The first-order chi connectivity index (χ1) is 13.1. The fourth-order valence-electron chi connectivity index (χ4n) is 3.03. The second-order valence-corrected chi connectivity index (χ2v) is 6.64. The van der Waals surface area contributed by atoms with Gasteiger partial charge in [-0.25, -0.2) is 9.97 Å². The minimum Gasteiger partial charge on any atom is -0.495 e. The highest BCUT2D eigenvalue weighted by molar-refractivity contribution is 6.30. The molecule has 3 N–H and O–H groups in total. The van der Waals surface area contributed by atoms with Crippen molar-refractivity contribution in [2.45, 2.75) is 0 Å². The van der Waals surface area contributed by atoms with Crippen LogP contribution in [0.1, 0.15) is 10.5 Å². The molecule has 1 amide bonds. The van der Waals surface area contributed by atoms with E-state index in [9.17, 15) is 4.79 Å². The molecule has 0 atom stereocenters. The highest BCUT2D eigenvalue weighted by Gasteiger charge is 2.19. The molecule has 144 valence electrons. The third-order valence-corrected chi connectivity index (χ3v) is 4.71. The smallest absolute Gasteiger partial charge is 0.267 e. The Morgan fingerprint density at radius 2 is 2.07 bits per heavy atom. The van der Waals surface area contributed by atoms with E-state index in [1.165, 1.54) is 12.3 Å². The summed E-state index contributed by atoms with van der Waals surface area (Å²) in [6, 6.07) is 7.17. The highest BCUT2D eigenvalue weighted by atomic mass is 35.5. The van der Waals surface area contributed by atoms with Crippen molar-refractivity contribution < 1.29 is 9.53 Å². The Hall–Kier alpha value is -2.58. The zero-order valence-electron chi connectivity index (χ0n) is 15.2. The molecule has 0 radical (unpaired) electrons. The van der Waals surface area contributed by atoms with E-state index in [4.69, 9.17) is 22.1 Å². The molecule has 1 aromatic heterocycles. The molecule has 1 fully saturated rings. The Morgan fingerprint density at radius 3 is 2.78 bits per heavy atom. The lowest BCUT2D eigenvalue weighted by molar-refractivity contribution is 0.0995. The van der Waals surface area contributed by atoms with Crippen LogP contribution in [0.25, 0.3) is 0 Å². The average Bonchev–Trinajstić information content (AvgIpc) is 2.69. The van der Waals surface area contributed by atoms with Gasteiger partial charge in [-0.1, -0.05) is 11.6 Å². The zero-order valence-corrected chi connectivity index (χ0v) is 15.9. The van der Waals surface area contributed by atoms with Crippen molar-refractivity contribution in [3.63, 3.8) is 0 Å². The maximum absolute atomic E-state index is 11.2. The van der Waals surface area contributed by atoms with Crippen LogP contribution in [-0.2, 0) is 0 Å². The topological polar surface area (TPSA) is 96.6 Å². The number of hydrogen-bond donors (Lipinski definition) is 2. The summed E-state index contributed by atoms with van der Waals surface area (Å²) in [5.74, 6) is 0.683. The van der Waals surface area contributed by atoms with Crippen molar-refractivity contribution in [1.29, 1.82) is 0 Å². The molecule has 2 aromatic rings. The van der Waals surface area contributed by atoms with Gasteiger partial charge in [0.25, 0.3) is 5.91 Å². The summed E-state index contributed by atoms with van der Waals surface area (Å²) in [6.45, 7) is 5.18. The summed E-state index contributed by atoms with van der Waals surface area (Å²) >= 11 is 6.14. The maximum Gasteiger partial charge on any atom is 0.267 e. The Labute approximate surface area is 163 Å². The highest BCUT2D eigenvalue weighted by Crippen LogP contribution is 2.31. The molecular weight excluding hydrogens is 368 g/mol. The maximum atomic E-state index is 11.2. The zero-order chi connectivity index (χ0) is 19.2. The number of rotatable bonds is 7. The van der Waals surface area contributed by atoms with E-state index in [0.717, 1.165) is 44.2 Å². The van der Waals surface area contributed by atoms with Crippen LogP contribution in [-0.4, -0.2) is 67.2 Å². The number of halogens is 1. The minimum absolute atomic E-state index is 0.205. The van der Waals surface area contributed by atoms with Crippen LogP contribution in [0.15, 0.2) is 30.5 Å². The van der Waals surface area contributed by atoms with Crippen molar-refractivity contribution in [3.05, 3.63) is 41.2 Å². The first kappa shape index (κ1) is 19.2. The van der Waals surface area contributed by atoms with E-state index in [-0.39, 0.29) is 5.69 Å². The van der Waals surface area contributed by atoms with Gasteiger partial charge < -0.3 is 20.7 Å². The van der Waals surface area contributed by atoms with Gasteiger partial charge in [-0.2, -0.15) is 0 Å². The number of piperazine rings is 1. The fourth-order valence-corrected chi connectivity index (χ4v) is 3.20. The van der Waals surface area contributed by atoms with Crippen molar-refractivity contribution in [2.75, 3.05) is 56.6 Å². The summed E-state index contributed by atoms with van der Waals surface area (Å²) in [6.07, 6.45) is 1.52. The average molecular weight is 391 g/mol. The molecule has 9 heteroatoms. The van der Waals surface area contributed by atoms with Crippen LogP contribution in [0.2, 0.25) is 5.02 Å². The van der Waals surface area contributed by atoms with Crippen LogP contribution in [0.3, 0.4) is 0 Å². The van der Waals surface area contributed by atoms with Crippen molar-refractivity contribution >= 4 is 29.1 Å². The molecule has 0 spiro atoms. The monoisotopic (exact) mass is 390 g/mol. The van der Waals surface area contributed by atoms with Gasteiger partial charge in [-0.15, -0.1) is 0 Å². The van der Waals surface area contributed by atoms with E-state index in [2.05, 4.69) is 25.1 Å². The van der Waals surface area contributed by atoms with Crippen LogP contribution < -0.4 is 20.7 Å². The molecule has 2 heterocycles. The lowest BCUT2D eigenvalue weighted by Gasteiger charge is -2.36. The van der Waals surface area contributed by atoms with Crippen LogP contribution in [0.5, 0.6) is 5.75 Å². The largest absolute Gasteiger partial charge is 0.495 e. The standard InChI is InChI=1S/C18H23ClN6O2/c1-27-16-3-2-13(19)12-15(16)25-10-8-24(9-11-25)7-6-22-18-21-5-4-14(23-18)17(20)26/h2-5,12H,6-11H2,1H3,(H2,20,26)(H,21,22,23). The summed E-state index contributed by atoms with van der Waals surface area (Å²) < 4.78 is 5.45. The molecule has 1 aliphatic rings. The first-order valence-electron chi connectivity index (χ1n) is 8.74. The number of primary amides is 1. The number of nitrogens with zero attached hydrogens (tertiary/aromatic N) is 4. The number of carbonyl (C=O) groups excluding carboxylic acids is 1. The van der Waals surface area contributed by atoms with Crippen LogP contribution in [0, 0.1) is 0 Å². The van der Waals surface area contributed by atoms with Gasteiger partial charge in [0, 0.05) is 50.5 Å². The molecule has 8 nitrogen and oxygen atoms in total. The van der Waals surface area contributed by atoms with Gasteiger partial charge >= 0.3 is 0 Å². The Kier molecular flexibility index (Phi) is 6.31. The number of carbonyl (C=O) groups is 1. The minimum atomic E-state index is -0.562. The van der Waals surface area contributed by atoms with Crippen molar-refractivity contribution in [2.24, 2.45) is 5.73 Å². The van der Waals surface area contributed by atoms with Gasteiger partial charge in [0.1, 0.15) is 11.4 Å². The van der Waals surface area contributed by atoms with Crippen molar-refractivity contribution in [3.8, 4) is 5.75 Å². The third kappa shape index (κ3) is 4.99. The SMILES string of the molecule is COc1ccc(Cl)cc1N1CCN(CCNc2nccc(C(N)=O)n2)CC1. The Morgan fingerprint density at radius 1 is 1.30 bits per heavy atom. The Bertz CT molecular complexity index is 795. The van der Waals surface area contributed by atoms with E-state index >= 15 is 0 Å². The number of nitrogens with two attached hydrogens (primary N) is 1. The van der Waals surface area contributed by atoms with E-state index in [1.807, 2.05) is 18.2 Å². The number of hydrogen-bond acceptors (Lipinski definition) is 7. The lowest BCUT2D eigenvalue weighted by Crippen LogP contribution is -2.47. The van der Waals surface area contributed by atoms with Gasteiger partial charge in [0.2, 0.25) is 5.95 Å². The first-order valence-corrected chi connectivity index (χ1v) is 9.12. The normalized spacial score (nSPS) is 14.8. The molecular formula is C18H23ClN6O2. The summed E-state index contributed by atoms with van der Waals surface area (Å²) in [7, 11) is 1.67. The van der Waals surface area contributed by atoms with E-state index < -0.39 is 5.91 Å². The number of methoxy groups -OCH3 is 1. The van der Waals surface area contributed by atoms with Gasteiger partial charge in [-0.05, 0) is 24.3 Å². The molecule has 0 aliphatic carbocycles. The second kappa shape index (κ2) is 8.88. The number of amides is 1. The molecule has 0 unspecified atom stereocenters. The van der Waals surface area contributed by atoms with E-state index in [0.29, 0.717) is 17.5 Å². The molecule has 1 aromatic carbocycles. The molecule has 27 heavy (non-hydrogen) atoms. The quantitative estimate of drug-likeness (QED) is 0.738. The summed E-state index contributed by atoms with van der Waals surface area (Å²) in [5.41, 5.74) is 6.46. The summed E-state index contributed by atoms with van der Waals surface area (Å²) in [5, 5.41) is 3.84. The van der Waals surface area contributed by atoms with Gasteiger partial charge in [-0.3, -0.25) is 9.69 Å². The van der Waals surface area contributed by atoms with Crippen molar-refractivity contribution in [1.82, 2.24) is 14.9 Å². The second-order valence-electron chi connectivity index (χ2n) is 6.20. The Balaban J connectivity index is 1.48.